The topological polar surface area (TPSA) is 110 Å². The number of aromatic hydroxyl groups is 1. The minimum atomic E-state index is -0.915. The minimum Gasteiger partial charge on any atom is -0.508 e. The Hall–Kier alpha value is -5.02. The molecule has 3 fully saturated rings. The molecule has 46 heavy (non-hydrogen) atoms. The zero-order chi connectivity index (χ0) is 31.7. The summed E-state index contributed by atoms with van der Waals surface area (Å²) in [6, 6.07) is 7.60. The van der Waals surface area contributed by atoms with Crippen LogP contribution in [-0.4, -0.2) is 74.3 Å². The smallest absolute Gasteiger partial charge is 0.349 e. The molecule has 0 amide bonds. The van der Waals surface area contributed by atoms with Crippen molar-refractivity contribution in [3.63, 3.8) is 0 Å². The monoisotopic (exact) mass is 624 g/mol. The van der Waals surface area contributed by atoms with Gasteiger partial charge in [-0.25, -0.2) is 13.6 Å². The maximum Gasteiger partial charge on any atom is 0.349 e. The molecule has 234 valence electrons. The Bertz CT molecular complexity index is 2120. The Balaban J connectivity index is 1.28. The van der Waals surface area contributed by atoms with Crippen molar-refractivity contribution >= 4 is 27.5 Å². The number of rotatable bonds is 6. The summed E-state index contributed by atoms with van der Waals surface area (Å²) in [6.45, 7) is 4.23. The van der Waals surface area contributed by atoms with Crippen LogP contribution in [0.2, 0.25) is 0 Å². The maximum absolute atomic E-state index is 14.9. The van der Waals surface area contributed by atoms with Crippen molar-refractivity contribution in [3.8, 4) is 35.4 Å². The number of aromatic nitrogens is 4. The Labute approximate surface area is 262 Å². The molecule has 0 unspecified atom stereocenters. The van der Waals surface area contributed by atoms with E-state index in [0.717, 1.165) is 19.4 Å². The van der Waals surface area contributed by atoms with Gasteiger partial charge in [0.05, 0.1) is 22.7 Å². The van der Waals surface area contributed by atoms with Gasteiger partial charge in [-0.05, 0) is 56.0 Å². The van der Waals surface area contributed by atoms with Crippen LogP contribution < -0.4 is 15.3 Å². The third kappa shape index (κ3) is 4.41. The first-order valence-corrected chi connectivity index (χ1v) is 15.3. The van der Waals surface area contributed by atoms with Crippen LogP contribution in [0.15, 0.2) is 51.9 Å². The second-order valence-corrected chi connectivity index (χ2v) is 12.5. The first-order valence-electron chi connectivity index (χ1n) is 15.3. The van der Waals surface area contributed by atoms with Gasteiger partial charge in [0, 0.05) is 55.0 Å². The molecule has 3 aliphatic rings. The van der Waals surface area contributed by atoms with E-state index in [1.54, 1.807) is 13.1 Å². The molecule has 3 aliphatic heterocycles. The summed E-state index contributed by atoms with van der Waals surface area (Å²) in [4.78, 5) is 27.4. The number of phenols is 1. The molecule has 5 aromatic rings. The van der Waals surface area contributed by atoms with Gasteiger partial charge in [0.25, 0.3) is 0 Å². The number of aryl methyl sites for hydroxylation is 1. The maximum atomic E-state index is 14.9. The summed E-state index contributed by atoms with van der Waals surface area (Å²) in [5.41, 5.74) is -0.144. The average Bonchev–Trinajstić information content (AvgIpc) is 3.74. The molecule has 0 aliphatic carbocycles. The van der Waals surface area contributed by atoms with E-state index in [-0.39, 0.29) is 46.7 Å². The fourth-order valence-corrected chi connectivity index (χ4v) is 7.45. The van der Waals surface area contributed by atoms with Gasteiger partial charge in [0.2, 0.25) is 0 Å². The fraction of sp³-hybridized carbons (Fsp3) is 0.353. The second kappa shape index (κ2) is 10.5. The largest absolute Gasteiger partial charge is 0.508 e. The van der Waals surface area contributed by atoms with Gasteiger partial charge in [0.1, 0.15) is 35.5 Å². The number of fused-ring (bicyclic) bond motifs is 3. The third-order valence-electron chi connectivity index (χ3n) is 9.70. The highest BCUT2D eigenvalue weighted by Gasteiger charge is 2.49. The van der Waals surface area contributed by atoms with Gasteiger partial charge >= 0.3 is 11.6 Å². The number of hydrogen-bond acceptors (Lipinski definition) is 9. The number of phenolic OH excluding ortho intramolecular Hbond substituents is 1. The number of benzene rings is 2. The molecule has 6 heterocycles. The van der Waals surface area contributed by atoms with Crippen molar-refractivity contribution in [2.75, 3.05) is 37.7 Å². The quantitative estimate of drug-likeness (QED) is 0.268. The van der Waals surface area contributed by atoms with E-state index in [1.807, 2.05) is 21.8 Å². The second-order valence-electron chi connectivity index (χ2n) is 12.5. The molecule has 1 N–H and O–H groups in total. The summed E-state index contributed by atoms with van der Waals surface area (Å²) in [7, 11) is 0. The molecule has 0 spiro atoms. The fourth-order valence-electron chi connectivity index (χ4n) is 7.45. The zero-order valence-electron chi connectivity index (χ0n) is 25.0. The number of alkyl halides is 1. The van der Waals surface area contributed by atoms with E-state index >= 15 is 0 Å². The molecule has 10 nitrogen and oxygen atoms in total. The minimum absolute atomic E-state index is 0.0182. The van der Waals surface area contributed by atoms with Crippen molar-refractivity contribution in [1.82, 2.24) is 24.6 Å². The molecule has 0 bridgehead atoms. The third-order valence-corrected chi connectivity index (χ3v) is 9.70. The van der Waals surface area contributed by atoms with Crippen molar-refractivity contribution in [1.29, 1.82) is 0 Å². The van der Waals surface area contributed by atoms with E-state index in [2.05, 4.69) is 15.9 Å². The molecule has 8 rings (SSSR count). The first-order chi connectivity index (χ1) is 22.2. The van der Waals surface area contributed by atoms with E-state index in [1.165, 1.54) is 24.3 Å². The van der Waals surface area contributed by atoms with Crippen LogP contribution in [0.25, 0.3) is 33.0 Å². The first kappa shape index (κ1) is 28.5. The predicted molar refractivity (Wildman–Crippen MR) is 167 cm³/mol. The van der Waals surface area contributed by atoms with Crippen molar-refractivity contribution < 1.29 is 23.0 Å². The Morgan fingerprint density at radius 2 is 2.07 bits per heavy atom. The van der Waals surface area contributed by atoms with E-state index < -0.39 is 23.2 Å². The van der Waals surface area contributed by atoms with Gasteiger partial charge in [-0.15, -0.1) is 6.42 Å². The summed E-state index contributed by atoms with van der Waals surface area (Å²) in [6.07, 6.45) is 10.6. The SMILES string of the molecule is C#Cc1c(F)ccc2cc(O)cc(-c3oc(=O)c4c(N5CC(n6cccn6)C5)nc(OC[C@@]56CCCN5C[C@H](F)C6)nc4c3C)c12. The number of hydrogen-bond donors (Lipinski definition) is 1. The zero-order valence-corrected chi connectivity index (χ0v) is 25.0. The molecule has 3 aromatic heterocycles. The number of nitrogens with zero attached hydrogens (tertiary/aromatic N) is 6. The number of ether oxygens (including phenoxy) is 1. The van der Waals surface area contributed by atoms with Crippen LogP contribution in [0, 0.1) is 25.1 Å². The summed E-state index contributed by atoms with van der Waals surface area (Å²) in [5, 5.41) is 15.9. The highest BCUT2D eigenvalue weighted by molar-refractivity contribution is 6.03. The van der Waals surface area contributed by atoms with Gasteiger partial charge in [-0.3, -0.25) is 9.58 Å². The van der Waals surface area contributed by atoms with Gasteiger partial charge in [-0.2, -0.15) is 15.1 Å². The standard InChI is InChI=1S/C34H30F2N6O4/c1-3-24-26(36)7-6-20-12-23(43)13-25(27(20)24)30-19(2)29-28(32(44)46-30)31(40-16-22(17-40)42-11-5-9-37-42)39-33(38-29)45-18-34-8-4-10-41(34)15-21(35)14-34/h1,5-7,9,11-13,21-22,43H,4,8,10,14-18H2,2H3/t21-,34+/m1/s1. The molecule has 2 atom stereocenters. The lowest BCUT2D eigenvalue weighted by molar-refractivity contribution is 0.107. The van der Waals surface area contributed by atoms with Crippen LogP contribution in [0.4, 0.5) is 14.6 Å². The lowest BCUT2D eigenvalue weighted by Gasteiger charge is -2.40. The van der Waals surface area contributed by atoms with Crippen molar-refractivity contribution in [3.05, 3.63) is 70.1 Å². The molecule has 12 heteroatoms. The van der Waals surface area contributed by atoms with Gasteiger partial charge < -0.3 is 19.2 Å². The average molecular weight is 625 g/mol. The molecule has 0 saturated carbocycles. The predicted octanol–water partition coefficient (Wildman–Crippen LogP) is 4.75. The molecule has 2 aromatic carbocycles. The van der Waals surface area contributed by atoms with Gasteiger partial charge in [-0.1, -0.05) is 12.0 Å². The lowest BCUT2D eigenvalue weighted by atomic mass is 9.95. The summed E-state index contributed by atoms with van der Waals surface area (Å²) in [5.74, 6) is 2.12. The Morgan fingerprint density at radius 3 is 2.85 bits per heavy atom. The summed E-state index contributed by atoms with van der Waals surface area (Å²) < 4.78 is 43.4. The Kier molecular flexibility index (Phi) is 6.51. The number of anilines is 1. The summed E-state index contributed by atoms with van der Waals surface area (Å²) >= 11 is 0. The number of halogens is 2. The van der Waals surface area contributed by atoms with Crippen LogP contribution in [-0.2, 0) is 0 Å². The molecule has 3 saturated heterocycles. The Morgan fingerprint density at radius 1 is 1.22 bits per heavy atom. The molecule has 0 radical (unpaired) electrons. The lowest BCUT2D eigenvalue weighted by Crippen LogP contribution is -2.48. The molecular formula is C34H30F2N6O4. The normalized spacial score (nSPS) is 21.5. The van der Waals surface area contributed by atoms with Crippen LogP contribution in [0.1, 0.15) is 36.4 Å². The highest BCUT2D eigenvalue weighted by atomic mass is 19.1. The van der Waals surface area contributed by atoms with Crippen molar-refractivity contribution in [2.45, 2.75) is 43.9 Å². The highest BCUT2D eigenvalue weighted by Crippen LogP contribution is 2.42. The van der Waals surface area contributed by atoms with Crippen LogP contribution in [0.3, 0.4) is 0 Å². The van der Waals surface area contributed by atoms with E-state index in [9.17, 15) is 18.7 Å². The van der Waals surface area contributed by atoms with Crippen LogP contribution in [0.5, 0.6) is 11.8 Å². The van der Waals surface area contributed by atoms with E-state index in [0.29, 0.717) is 53.7 Å². The molecular weight excluding hydrogens is 594 g/mol. The number of terminal acetylenes is 1. The van der Waals surface area contributed by atoms with Crippen molar-refractivity contribution in [2.24, 2.45) is 0 Å². The van der Waals surface area contributed by atoms with Crippen LogP contribution >= 0.6 is 0 Å². The van der Waals surface area contributed by atoms with E-state index in [4.69, 9.17) is 25.5 Å². The van der Waals surface area contributed by atoms with Gasteiger partial charge in [0.15, 0.2) is 5.82 Å².